The van der Waals surface area contributed by atoms with E-state index in [4.69, 9.17) is 14.2 Å². The fourth-order valence-electron chi connectivity index (χ4n) is 3.02. The number of rotatable bonds is 2. The number of fused-ring (bicyclic) bond motifs is 1. The molecular weight excluding hydrogens is 298 g/mol. The maximum absolute atomic E-state index is 12.3. The molecule has 0 atom stereocenters. The smallest absolute Gasteiger partial charge is 0.342 e. The second-order valence-corrected chi connectivity index (χ2v) is 5.64. The van der Waals surface area contributed by atoms with E-state index in [0.717, 1.165) is 31.5 Å². The number of nitrogens with one attached hydrogen (secondary N) is 1. The average Bonchev–Trinajstić information content (AvgIpc) is 2.60. The Morgan fingerprint density at radius 1 is 1.13 bits per heavy atom. The molecule has 3 rings (SSSR count). The summed E-state index contributed by atoms with van der Waals surface area (Å²) in [6.07, 6.45) is 5.57. The van der Waals surface area contributed by atoms with Gasteiger partial charge in [0.2, 0.25) is 0 Å². The highest BCUT2D eigenvalue weighted by molar-refractivity contribution is 6.06. The number of benzene rings is 1. The number of piperidine rings is 1. The van der Waals surface area contributed by atoms with Crippen LogP contribution in [0.15, 0.2) is 18.2 Å². The van der Waals surface area contributed by atoms with Crippen LogP contribution >= 0.6 is 0 Å². The third kappa shape index (κ3) is 2.70. The van der Waals surface area contributed by atoms with Gasteiger partial charge in [0, 0.05) is 18.4 Å². The second kappa shape index (κ2) is 6.04. The number of esters is 2. The van der Waals surface area contributed by atoms with Crippen molar-refractivity contribution in [3.8, 4) is 5.75 Å². The Hall–Kier alpha value is -2.34. The lowest BCUT2D eigenvalue weighted by Crippen LogP contribution is -2.46. The Balaban J connectivity index is 2.11. The Bertz CT molecular complexity index is 674. The summed E-state index contributed by atoms with van der Waals surface area (Å²) in [5, 5.41) is 3.29. The second-order valence-electron chi connectivity index (χ2n) is 5.64. The molecule has 0 bridgehead atoms. The summed E-state index contributed by atoms with van der Waals surface area (Å²) in [4.78, 5) is 24.2. The molecule has 2 aliphatic rings. The Labute approximate surface area is 134 Å². The molecule has 1 aromatic rings. The number of ether oxygens (including phenoxy) is 3. The first-order valence-corrected chi connectivity index (χ1v) is 7.53. The SMILES string of the molecule is COC(=O)c1ccc2c(c1C(=O)OC)OC1(C=C2)CCNCC1. The van der Waals surface area contributed by atoms with Gasteiger partial charge < -0.3 is 19.5 Å². The maximum Gasteiger partial charge on any atom is 0.342 e. The molecule has 0 amide bonds. The van der Waals surface area contributed by atoms with E-state index in [9.17, 15) is 9.59 Å². The highest BCUT2D eigenvalue weighted by Gasteiger charge is 2.37. The van der Waals surface area contributed by atoms with E-state index in [-0.39, 0.29) is 11.1 Å². The molecule has 1 N–H and O–H groups in total. The van der Waals surface area contributed by atoms with Gasteiger partial charge in [0.05, 0.1) is 19.8 Å². The predicted octanol–water partition coefficient (Wildman–Crippen LogP) is 1.79. The van der Waals surface area contributed by atoms with Crippen molar-refractivity contribution in [1.29, 1.82) is 0 Å². The fraction of sp³-hybridized carbons (Fsp3) is 0.412. The van der Waals surface area contributed by atoms with Gasteiger partial charge in [-0.1, -0.05) is 12.1 Å². The van der Waals surface area contributed by atoms with Crippen molar-refractivity contribution < 1.29 is 23.8 Å². The molecule has 0 aromatic heterocycles. The van der Waals surface area contributed by atoms with E-state index < -0.39 is 17.5 Å². The van der Waals surface area contributed by atoms with Crippen LogP contribution in [0.2, 0.25) is 0 Å². The fourth-order valence-corrected chi connectivity index (χ4v) is 3.02. The van der Waals surface area contributed by atoms with E-state index in [1.165, 1.54) is 14.2 Å². The van der Waals surface area contributed by atoms with Crippen molar-refractivity contribution in [2.24, 2.45) is 0 Å². The third-order valence-electron chi connectivity index (χ3n) is 4.30. The standard InChI is InChI=1S/C17H19NO5/c1-21-15(19)12-4-3-11-5-6-17(7-9-18-10-8-17)23-14(11)13(12)16(20)22-2/h3-6,18H,7-10H2,1-2H3. The van der Waals surface area contributed by atoms with Crippen molar-refractivity contribution in [2.45, 2.75) is 18.4 Å². The summed E-state index contributed by atoms with van der Waals surface area (Å²) in [5.74, 6) is -0.809. The highest BCUT2D eigenvalue weighted by atomic mass is 16.5. The van der Waals surface area contributed by atoms with E-state index in [1.807, 2.05) is 12.2 Å². The van der Waals surface area contributed by atoms with Gasteiger partial charge >= 0.3 is 11.9 Å². The zero-order valence-electron chi connectivity index (χ0n) is 13.2. The van der Waals surface area contributed by atoms with E-state index in [1.54, 1.807) is 12.1 Å². The minimum Gasteiger partial charge on any atom is -0.482 e. The molecule has 1 aromatic carbocycles. The quantitative estimate of drug-likeness (QED) is 0.838. The summed E-state index contributed by atoms with van der Waals surface area (Å²) in [6.45, 7) is 1.67. The van der Waals surface area contributed by atoms with Crippen LogP contribution in [0.1, 0.15) is 39.1 Å². The molecule has 0 saturated carbocycles. The minimum absolute atomic E-state index is 0.124. The minimum atomic E-state index is -0.610. The molecule has 1 saturated heterocycles. The first kappa shape index (κ1) is 15.6. The van der Waals surface area contributed by atoms with Crippen molar-refractivity contribution >= 4 is 18.0 Å². The van der Waals surface area contributed by atoms with Crippen molar-refractivity contribution in [2.75, 3.05) is 27.3 Å². The maximum atomic E-state index is 12.3. The summed E-state index contributed by atoms with van der Waals surface area (Å²) >= 11 is 0. The van der Waals surface area contributed by atoms with Crippen LogP contribution in [0.5, 0.6) is 5.75 Å². The lowest BCUT2D eigenvalue weighted by Gasteiger charge is -2.38. The molecule has 23 heavy (non-hydrogen) atoms. The van der Waals surface area contributed by atoms with Gasteiger partial charge in [-0.25, -0.2) is 9.59 Å². The molecule has 1 spiro atoms. The molecule has 0 unspecified atom stereocenters. The molecular formula is C17H19NO5. The topological polar surface area (TPSA) is 73.9 Å². The van der Waals surface area contributed by atoms with Crippen LogP contribution in [0, 0.1) is 0 Å². The van der Waals surface area contributed by atoms with Gasteiger partial charge in [-0.15, -0.1) is 0 Å². The first-order chi connectivity index (χ1) is 11.1. The number of hydrogen-bond donors (Lipinski definition) is 1. The van der Waals surface area contributed by atoms with Crippen molar-refractivity contribution in [3.05, 3.63) is 34.9 Å². The van der Waals surface area contributed by atoms with Gasteiger partial charge in [0.1, 0.15) is 16.9 Å². The van der Waals surface area contributed by atoms with E-state index in [0.29, 0.717) is 5.75 Å². The number of carbonyl (C=O) groups excluding carboxylic acids is 2. The summed E-state index contributed by atoms with van der Waals surface area (Å²) in [6, 6.07) is 3.31. The normalized spacial score (nSPS) is 18.0. The number of carbonyl (C=O) groups is 2. The van der Waals surface area contributed by atoms with E-state index in [2.05, 4.69) is 5.32 Å². The molecule has 122 valence electrons. The number of methoxy groups -OCH3 is 2. The van der Waals surface area contributed by atoms with Crippen LogP contribution < -0.4 is 10.1 Å². The van der Waals surface area contributed by atoms with Crippen molar-refractivity contribution in [3.63, 3.8) is 0 Å². The molecule has 6 nitrogen and oxygen atoms in total. The number of hydrogen-bond acceptors (Lipinski definition) is 6. The summed E-state index contributed by atoms with van der Waals surface area (Å²) in [5.41, 5.74) is 0.578. The molecule has 2 heterocycles. The van der Waals surface area contributed by atoms with Crippen molar-refractivity contribution in [1.82, 2.24) is 5.32 Å². The summed E-state index contributed by atoms with van der Waals surface area (Å²) < 4.78 is 15.8. The zero-order chi connectivity index (χ0) is 16.4. The Morgan fingerprint density at radius 3 is 2.48 bits per heavy atom. The Kier molecular flexibility index (Phi) is 4.09. The monoisotopic (exact) mass is 317 g/mol. The van der Waals surface area contributed by atoms with Gasteiger partial charge in [-0.3, -0.25) is 0 Å². The van der Waals surface area contributed by atoms with Gasteiger partial charge in [-0.2, -0.15) is 0 Å². The first-order valence-electron chi connectivity index (χ1n) is 7.53. The highest BCUT2D eigenvalue weighted by Crippen LogP contribution is 2.39. The van der Waals surface area contributed by atoms with Crippen LogP contribution in [0.4, 0.5) is 0 Å². The third-order valence-corrected chi connectivity index (χ3v) is 4.30. The van der Waals surface area contributed by atoms with Crippen LogP contribution in [0.3, 0.4) is 0 Å². The molecule has 0 aliphatic carbocycles. The lowest BCUT2D eigenvalue weighted by atomic mass is 9.88. The van der Waals surface area contributed by atoms with Crippen LogP contribution in [0.25, 0.3) is 6.08 Å². The van der Waals surface area contributed by atoms with Gasteiger partial charge in [0.25, 0.3) is 0 Å². The molecule has 0 radical (unpaired) electrons. The van der Waals surface area contributed by atoms with E-state index >= 15 is 0 Å². The molecule has 6 heteroatoms. The molecule has 1 fully saturated rings. The van der Waals surface area contributed by atoms with Crippen LogP contribution in [-0.4, -0.2) is 44.8 Å². The lowest BCUT2D eigenvalue weighted by molar-refractivity contribution is 0.0524. The Morgan fingerprint density at radius 2 is 1.83 bits per heavy atom. The van der Waals surface area contributed by atoms with Crippen LogP contribution in [-0.2, 0) is 9.47 Å². The largest absolute Gasteiger partial charge is 0.482 e. The van der Waals surface area contributed by atoms with Gasteiger partial charge in [-0.05, 0) is 25.2 Å². The summed E-state index contributed by atoms with van der Waals surface area (Å²) in [7, 11) is 2.56. The predicted molar refractivity (Wildman–Crippen MR) is 83.6 cm³/mol. The van der Waals surface area contributed by atoms with Gasteiger partial charge in [0.15, 0.2) is 0 Å². The zero-order valence-corrected chi connectivity index (χ0v) is 13.2. The molecule has 2 aliphatic heterocycles. The average molecular weight is 317 g/mol.